The minimum absolute atomic E-state index is 0.0397. The molecular formula is C23H21ClF3N5O. The summed E-state index contributed by atoms with van der Waals surface area (Å²) in [6.07, 6.45) is -2.05. The number of nitrogens with one attached hydrogen (secondary N) is 1. The van der Waals surface area contributed by atoms with Crippen LogP contribution in [0.1, 0.15) is 21.5 Å². The normalized spacial score (nSPS) is 14.3. The molecule has 0 aliphatic carbocycles. The fraction of sp³-hybridized carbons (Fsp3) is 0.261. The molecule has 0 atom stereocenters. The molecule has 1 amide bonds. The molecule has 1 aliphatic rings. The molecule has 0 spiro atoms. The minimum Gasteiger partial charge on any atom is -0.352 e. The van der Waals surface area contributed by atoms with Crippen molar-refractivity contribution in [1.82, 2.24) is 9.97 Å². The van der Waals surface area contributed by atoms with E-state index < -0.39 is 11.7 Å². The molecule has 1 aliphatic heterocycles. The number of pyridine rings is 2. The number of piperazine rings is 1. The average molecular weight is 476 g/mol. The van der Waals surface area contributed by atoms with Gasteiger partial charge in [0.1, 0.15) is 5.82 Å². The van der Waals surface area contributed by atoms with Crippen LogP contribution in [-0.2, 0) is 6.18 Å². The number of carbonyl (C=O) groups excluding carboxylic acids is 1. The number of nitrogens with zero attached hydrogens (tertiary/aromatic N) is 4. The number of rotatable bonds is 4. The van der Waals surface area contributed by atoms with E-state index in [1.807, 2.05) is 28.9 Å². The predicted octanol–water partition coefficient (Wildman–Crippen LogP) is 5.04. The second-order valence-corrected chi connectivity index (χ2v) is 8.10. The van der Waals surface area contributed by atoms with Gasteiger partial charge in [0.2, 0.25) is 0 Å². The Morgan fingerprint density at radius 1 is 1.00 bits per heavy atom. The van der Waals surface area contributed by atoms with Crippen molar-refractivity contribution < 1.29 is 18.0 Å². The summed E-state index contributed by atoms with van der Waals surface area (Å²) in [6.45, 7) is 3.99. The largest absolute Gasteiger partial charge is 0.417 e. The Balaban J connectivity index is 1.45. The molecule has 0 saturated carbocycles. The molecule has 1 aromatic carbocycles. The van der Waals surface area contributed by atoms with E-state index in [0.717, 1.165) is 17.8 Å². The number of amides is 1. The van der Waals surface area contributed by atoms with E-state index in [0.29, 0.717) is 49.1 Å². The monoisotopic (exact) mass is 475 g/mol. The molecule has 33 heavy (non-hydrogen) atoms. The summed E-state index contributed by atoms with van der Waals surface area (Å²) in [5.74, 6) is 0.714. The molecule has 0 radical (unpaired) electrons. The van der Waals surface area contributed by atoms with E-state index in [1.165, 1.54) is 0 Å². The highest BCUT2D eigenvalue weighted by atomic mass is 35.5. The van der Waals surface area contributed by atoms with Crippen LogP contribution >= 0.6 is 11.6 Å². The molecule has 1 saturated heterocycles. The molecular weight excluding hydrogens is 455 g/mol. The fourth-order valence-electron chi connectivity index (χ4n) is 3.59. The van der Waals surface area contributed by atoms with Gasteiger partial charge >= 0.3 is 6.18 Å². The summed E-state index contributed by atoms with van der Waals surface area (Å²) in [6, 6.07) is 11.7. The molecule has 10 heteroatoms. The van der Waals surface area contributed by atoms with Crippen LogP contribution in [0.2, 0.25) is 5.02 Å². The predicted molar refractivity (Wildman–Crippen MR) is 122 cm³/mol. The standard InChI is InChI=1S/C23H21ClF3N5O/c1-15-4-6-16(7-5-15)22(33)30-19-3-2-8-28-21(19)32-11-9-31(10-12-32)20-18(24)13-17(14-29-20)23(25,26)27/h2-8,13-14H,9-12H2,1H3,(H,30,33). The van der Waals surface area contributed by atoms with Crippen LogP contribution in [0.5, 0.6) is 0 Å². The third-order valence-corrected chi connectivity index (χ3v) is 5.65. The van der Waals surface area contributed by atoms with Crippen LogP contribution in [0.4, 0.5) is 30.5 Å². The summed E-state index contributed by atoms with van der Waals surface area (Å²) in [5, 5.41) is 2.88. The van der Waals surface area contributed by atoms with Crippen molar-refractivity contribution in [2.45, 2.75) is 13.1 Å². The highest BCUT2D eigenvalue weighted by molar-refractivity contribution is 6.33. The van der Waals surface area contributed by atoms with Crippen LogP contribution < -0.4 is 15.1 Å². The Kier molecular flexibility index (Phi) is 6.42. The zero-order valence-corrected chi connectivity index (χ0v) is 18.5. The summed E-state index contributed by atoms with van der Waals surface area (Å²) in [5.41, 5.74) is 1.32. The lowest BCUT2D eigenvalue weighted by molar-refractivity contribution is -0.137. The quantitative estimate of drug-likeness (QED) is 0.573. The Morgan fingerprint density at radius 2 is 1.64 bits per heavy atom. The van der Waals surface area contributed by atoms with E-state index in [4.69, 9.17) is 11.6 Å². The van der Waals surface area contributed by atoms with Gasteiger partial charge < -0.3 is 15.1 Å². The van der Waals surface area contributed by atoms with Crippen molar-refractivity contribution in [2.75, 3.05) is 41.3 Å². The zero-order chi connectivity index (χ0) is 23.6. The number of hydrogen-bond donors (Lipinski definition) is 1. The van der Waals surface area contributed by atoms with Gasteiger partial charge in [-0.25, -0.2) is 9.97 Å². The van der Waals surface area contributed by atoms with Crippen molar-refractivity contribution >= 4 is 34.8 Å². The maximum atomic E-state index is 12.9. The summed E-state index contributed by atoms with van der Waals surface area (Å²) in [4.78, 5) is 24.9. The van der Waals surface area contributed by atoms with Gasteiger partial charge in [-0.15, -0.1) is 0 Å². The Hall–Kier alpha value is -3.33. The third-order valence-electron chi connectivity index (χ3n) is 5.38. The number of halogens is 4. The number of benzene rings is 1. The molecule has 3 heterocycles. The second kappa shape index (κ2) is 9.27. The Bertz CT molecular complexity index is 1150. The highest BCUT2D eigenvalue weighted by Crippen LogP contribution is 2.34. The van der Waals surface area contributed by atoms with Crippen LogP contribution in [0, 0.1) is 6.92 Å². The molecule has 6 nitrogen and oxygen atoms in total. The fourth-order valence-corrected chi connectivity index (χ4v) is 3.88. The van der Waals surface area contributed by atoms with Crippen molar-refractivity contribution in [2.24, 2.45) is 0 Å². The molecule has 172 valence electrons. The Labute approximate surface area is 194 Å². The van der Waals surface area contributed by atoms with Crippen molar-refractivity contribution in [3.63, 3.8) is 0 Å². The number of aryl methyl sites for hydroxylation is 1. The van der Waals surface area contributed by atoms with Gasteiger partial charge in [0.15, 0.2) is 5.82 Å². The molecule has 0 bridgehead atoms. The lowest BCUT2D eigenvalue weighted by atomic mass is 10.1. The van der Waals surface area contributed by atoms with Gasteiger partial charge in [-0.05, 0) is 37.3 Å². The number of anilines is 3. The van der Waals surface area contributed by atoms with E-state index in [2.05, 4.69) is 15.3 Å². The first-order valence-electron chi connectivity index (χ1n) is 10.3. The van der Waals surface area contributed by atoms with Gasteiger partial charge in [-0.3, -0.25) is 4.79 Å². The van der Waals surface area contributed by atoms with Gasteiger partial charge in [-0.1, -0.05) is 29.3 Å². The highest BCUT2D eigenvalue weighted by Gasteiger charge is 2.32. The van der Waals surface area contributed by atoms with Crippen molar-refractivity contribution in [1.29, 1.82) is 0 Å². The molecule has 0 unspecified atom stereocenters. The first-order chi connectivity index (χ1) is 15.7. The van der Waals surface area contributed by atoms with E-state index in [1.54, 1.807) is 30.5 Å². The smallest absolute Gasteiger partial charge is 0.352 e. The van der Waals surface area contributed by atoms with Gasteiger partial charge in [-0.2, -0.15) is 13.2 Å². The molecule has 2 aromatic heterocycles. The topological polar surface area (TPSA) is 61.4 Å². The average Bonchev–Trinajstić information content (AvgIpc) is 2.79. The van der Waals surface area contributed by atoms with Gasteiger partial charge in [0, 0.05) is 44.1 Å². The summed E-state index contributed by atoms with van der Waals surface area (Å²) in [7, 11) is 0. The molecule has 1 N–H and O–H groups in total. The van der Waals surface area contributed by atoms with Crippen molar-refractivity contribution in [3.8, 4) is 0 Å². The first-order valence-corrected chi connectivity index (χ1v) is 10.7. The molecule has 1 fully saturated rings. The molecule has 4 rings (SSSR count). The van der Waals surface area contributed by atoms with Crippen LogP contribution in [0.3, 0.4) is 0 Å². The number of aromatic nitrogens is 2. The summed E-state index contributed by atoms with van der Waals surface area (Å²) < 4.78 is 38.6. The maximum absolute atomic E-state index is 12.9. The number of alkyl halides is 3. The minimum atomic E-state index is -4.49. The van der Waals surface area contributed by atoms with E-state index in [9.17, 15) is 18.0 Å². The zero-order valence-electron chi connectivity index (χ0n) is 17.7. The molecule has 3 aromatic rings. The number of carbonyl (C=O) groups is 1. The van der Waals surface area contributed by atoms with Gasteiger partial charge in [0.25, 0.3) is 5.91 Å². The SMILES string of the molecule is Cc1ccc(C(=O)Nc2cccnc2N2CCN(c3ncc(C(F)(F)F)cc3Cl)CC2)cc1. The van der Waals surface area contributed by atoms with Crippen LogP contribution in [0.25, 0.3) is 0 Å². The van der Waals surface area contributed by atoms with Crippen LogP contribution in [-0.4, -0.2) is 42.1 Å². The lowest BCUT2D eigenvalue weighted by Crippen LogP contribution is -2.47. The Morgan fingerprint density at radius 3 is 2.24 bits per heavy atom. The van der Waals surface area contributed by atoms with Gasteiger partial charge in [0.05, 0.1) is 16.3 Å². The van der Waals surface area contributed by atoms with Crippen molar-refractivity contribution in [3.05, 3.63) is 76.6 Å². The van der Waals surface area contributed by atoms with Crippen LogP contribution in [0.15, 0.2) is 54.9 Å². The first kappa shape index (κ1) is 22.8. The van der Waals surface area contributed by atoms with E-state index in [-0.39, 0.29) is 10.9 Å². The second-order valence-electron chi connectivity index (χ2n) is 7.70. The van der Waals surface area contributed by atoms with E-state index >= 15 is 0 Å². The summed E-state index contributed by atoms with van der Waals surface area (Å²) >= 11 is 6.10. The number of hydrogen-bond acceptors (Lipinski definition) is 5. The lowest BCUT2D eigenvalue weighted by Gasteiger charge is -2.37. The maximum Gasteiger partial charge on any atom is 0.417 e. The third kappa shape index (κ3) is 5.19.